The van der Waals surface area contributed by atoms with Gasteiger partial charge in [0.15, 0.2) is 0 Å². The van der Waals surface area contributed by atoms with Crippen molar-refractivity contribution in [3.63, 3.8) is 0 Å². The summed E-state index contributed by atoms with van der Waals surface area (Å²) in [6, 6.07) is 6.80. The third-order valence-corrected chi connectivity index (χ3v) is 2.95. The van der Waals surface area contributed by atoms with E-state index in [2.05, 4.69) is 20.3 Å². The first-order chi connectivity index (χ1) is 10.2. The summed E-state index contributed by atoms with van der Waals surface area (Å²) in [6.45, 7) is -0.0825. The summed E-state index contributed by atoms with van der Waals surface area (Å²) < 4.78 is 1.08. The van der Waals surface area contributed by atoms with Crippen molar-refractivity contribution >= 4 is 16.9 Å². The van der Waals surface area contributed by atoms with E-state index in [9.17, 15) is 9.59 Å². The number of benzene rings is 1. The van der Waals surface area contributed by atoms with Crippen LogP contribution in [0.2, 0.25) is 0 Å². The van der Waals surface area contributed by atoms with E-state index in [0.29, 0.717) is 10.9 Å². The minimum Gasteiger partial charge on any atom is -0.478 e. The van der Waals surface area contributed by atoms with Crippen LogP contribution in [0.1, 0.15) is 16.1 Å². The molecule has 0 aliphatic heterocycles. The van der Waals surface area contributed by atoms with Gasteiger partial charge in [-0.1, -0.05) is 17.3 Å². The number of aromatic carboxylic acids is 1. The third kappa shape index (κ3) is 2.34. The zero-order chi connectivity index (χ0) is 14.8. The number of hydrogen-bond donors (Lipinski definition) is 1. The van der Waals surface area contributed by atoms with E-state index in [1.807, 2.05) is 0 Å². The number of fused-ring (bicyclic) bond motifs is 1. The lowest BCUT2D eigenvalue weighted by Gasteiger charge is -2.06. The molecular formula is C13H9N5O3. The molecule has 0 atom stereocenters. The van der Waals surface area contributed by atoms with E-state index >= 15 is 0 Å². The molecule has 2 heterocycles. The summed E-state index contributed by atoms with van der Waals surface area (Å²) in [5.74, 6) is -1.16. The molecule has 0 saturated heterocycles. The van der Waals surface area contributed by atoms with Crippen LogP contribution < -0.4 is 5.56 Å². The number of aromatic nitrogens is 5. The lowest BCUT2D eigenvalue weighted by atomic mass is 10.2. The van der Waals surface area contributed by atoms with Crippen molar-refractivity contribution in [1.29, 1.82) is 0 Å². The normalized spacial score (nSPS) is 10.7. The van der Waals surface area contributed by atoms with Crippen LogP contribution in [0.5, 0.6) is 0 Å². The van der Waals surface area contributed by atoms with E-state index in [-0.39, 0.29) is 23.4 Å². The van der Waals surface area contributed by atoms with Crippen LogP contribution in [0.25, 0.3) is 10.9 Å². The second-order valence-electron chi connectivity index (χ2n) is 4.26. The number of rotatable bonds is 3. The number of carbonyl (C=O) groups is 1. The van der Waals surface area contributed by atoms with Gasteiger partial charge in [-0.3, -0.25) is 4.79 Å². The van der Waals surface area contributed by atoms with Gasteiger partial charge >= 0.3 is 5.97 Å². The van der Waals surface area contributed by atoms with Crippen molar-refractivity contribution < 1.29 is 9.90 Å². The maximum atomic E-state index is 12.3. The van der Waals surface area contributed by atoms with Crippen molar-refractivity contribution in [3.05, 3.63) is 58.4 Å². The second kappa shape index (κ2) is 5.08. The molecule has 0 spiro atoms. The maximum absolute atomic E-state index is 12.3. The molecule has 1 N–H and O–H groups in total. The summed E-state index contributed by atoms with van der Waals surface area (Å²) in [4.78, 5) is 31.0. The van der Waals surface area contributed by atoms with E-state index in [0.717, 1.165) is 4.68 Å². The van der Waals surface area contributed by atoms with Crippen molar-refractivity contribution in [2.45, 2.75) is 6.54 Å². The lowest BCUT2D eigenvalue weighted by molar-refractivity contribution is 0.0694. The summed E-state index contributed by atoms with van der Waals surface area (Å²) in [6.07, 6.45) is 2.41. The van der Waals surface area contributed by atoms with Gasteiger partial charge in [-0.05, 0) is 12.1 Å². The predicted octanol–water partition coefficient (Wildman–Crippen LogP) is 0.328. The molecule has 0 radical (unpaired) electrons. The Morgan fingerprint density at radius 2 is 2.10 bits per heavy atom. The fourth-order valence-corrected chi connectivity index (χ4v) is 1.93. The van der Waals surface area contributed by atoms with Gasteiger partial charge in [-0.15, -0.1) is 5.10 Å². The Hall–Kier alpha value is -3.16. The van der Waals surface area contributed by atoms with Gasteiger partial charge < -0.3 is 5.11 Å². The molecule has 3 rings (SSSR count). The summed E-state index contributed by atoms with van der Waals surface area (Å²) in [5.41, 5.74) is 0.263. The largest absolute Gasteiger partial charge is 0.478 e. The summed E-state index contributed by atoms with van der Waals surface area (Å²) >= 11 is 0. The van der Waals surface area contributed by atoms with Crippen LogP contribution in [-0.2, 0) is 6.54 Å². The molecule has 8 heteroatoms. The van der Waals surface area contributed by atoms with Gasteiger partial charge in [0.25, 0.3) is 5.56 Å². The highest BCUT2D eigenvalue weighted by Crippen LogP contribution is 2.07. The minimum atomic E-state index is -1.16. The highest BCUT2D eigenvalue weighted by molar-refractivity contribution is 5.88. The molecule has 0 aliphatic rings. The first-order valence-corrected chi connectivity index (χ1v) is 6.01. The van der Waals surface area contributed by atoms with Crippen LogP contribution >= 0.6 is 0 Å². The second-order valence-corrected chi connectivity index (χ2v) is 4.26. The van der Waals surface area contributed by atoms with Gasteiger partial charge in [0.1, 0.15) is 17.4 Å². The van der Waals surface area contributed by atoms with Crippen molar-refractivity contribution in [2.75, 3.05) is 0 Å². The van der Waals surface area contributed by atoms with Crippen LogP contribution in [0.4, 0.5) is 0 Å². The molecule has 0 bridgehead atoms. The first-order valence-electron chi connectivity index (χ1n) is 6.01. The molecule has 0 amide bonds. The smallest absolute Gasteiger partial charge is 0.339 e. The van der Waals surface area contributed by atoms with E-state index in [1.165, 1.54) is 12.5 Å². The number of carboxylic acids is 1. The monoisotopic (exact) mass is 283 g/mol. The van der Waals surface area contributed by atoms with E-state index in [4.69, 9.17) is 5.11 Å². The predicted molar refractivity (Wildman–Crippen MR) is 71.9 cm³/mol. The molecule has 2 aromatic heterocycles. The third-order valence-electron chi connectivity index (χ3n) is 2.95. The molecule has 0 fully saturated rings. The quantitative estimate of drug-likeness (QED) is 0.737. The Balaban J connectivity index is 2.09. The summed E-state index contributed by atoms with van der Waals surface area (Å²) in [7, 11) is 0. The van der Waals surface area contributed by atoms with Crippen LogP contribution in [0, 0.1) is 0 Å². The van der Waals surface area contributed by atoms with Gasteiger partial charge in [0.05, 0.1) is 17.6 Å². The van der Waals surface area contributed by atoms with Crippen LogP contribution in [0.15, 0.2) is 41.6 Å². The average Bonchev–Trinajstić information content (AvgIpc) is 2.51. The average molecular weight is 283 g/mol. The van der Waals surface area contributed by atoms with Gasteiger partial charge in [0.2, 0.25) is 0 Å². The zero-order valence-corrected chi connectivity index (χ0v) is 10.7. The molecular weight excluding hydrogens is 274 g/mol. The highest BCUT2D eigenvalue weighted by Gasteiger charge is 2.14. The molecule has 0 aliphatic carbocycles. The maximum Gasteiger partial charge on any atom is 0.339 e. The fraction of sp³-hybridized carbons (Fsp3) is 0.0769. The minimum absolute atomic E-state index is 0.0700. The molecule has 21 heavy (non-hydrogen) atoms. The molecule has 8 nitrogen and oxygen atoms in total. The van der Waals surface area contributed by atoms with Crippen LogP contribution in [-0.4, -0.2) is 36.0 Å². The highest BCUT2D eigenvalue weighted by atomic mass is 16.4. The van der Waals surface area contributed by atoms with Crippen molar-refractivity contribution in [3.8, 4) is 0 Å². The fourth-order valence-electron chi connectivity index (χ4n) is 1.93. The number of hydrogen-bond acceptors (Lipinski definition) is 6. The Kier molecular flexibility index (Phi) is 3.11. The Morgan fingerprint density at radius 1 is 1.29 bits per heavy atom. The topological polar surface area (TPSA) is 111 Å². The SMILES string of the molecule is O=C(O)c1cncnc1Cn1nnc2ccccc2c1=O. The Labute approximate surface area is 117 Å². The standard InChI is InChI=1S/C13H9N5O3/c19-12-8-3-1-2-4-10(8)16-17-18(12)6-11-9(13(20)21)5-14-7-15-11/h1-5,7H,6H2,(H,20,21). The molecule has 1 aromatic carbocycles. The van der Waals surface area contributed by atoms with Crippen LogP contribution in [0.3, 0.4) is 0 Å². The van der Waals surface area contributed by atoms with Gasteiger partial charge in [-0.2, -0.15) is 0 Å². The van der Waals surface area contributed by atoms with Crippen molar-refractivity contribution in [2.24, 2.45) is 0 Å². The van der Waals surface area contributed by atoms with Gasteiger partial charge in [-0.25, -0.2) is 19.4 Å². The number of nitrogens with zero attached hydrogens (tertiary/aromatic N) is 5. The Morgan fingerprint density at radius 3 is 2.90 bits per heavy atom. The Bertz CT molecular complexity index is 890. The molecule has 3 aromatic rings. The molecule has 0 unspecified atom stereocenters. The van der Waals surface area contributed by atoms with Crippen molar-refractivity contribution in [1.82, 2.24) is 25.0 Å². The first kappa shape index (κ1) is 12.9. The lowest BCUT2D eigenvalue weighted by Crippen LogP contribution is -2.26. The molecule has 0 saturated carbocycles. The number of carboxylic acid groups (broad SMARTS) is 1. The van der Waals surface area contributed by atoms with E-state index in [1.54, 1.807) is 24.3 Å². The van der Waals surface area contributed by atoms with E-state index < -0.39 is 5.97 Å². The summed E-state index contributed by atoms with van der Waals surface area (Å²) in [5, 5.41) is 17.2. The van der Waals surface area contributed by atoms with Gasteiger partial charge in [0, 0.05) is 6.20 Å². The zero-order valence-electron chi connectivity index (χ0n) is 10.7. The molecule has 104 valence electrons.